The minimum Gasteiger partial charge on any atom is -0.461 e. The number of carbonyl (C=O) groups is 6. The van der Waals surface area contributed by atoms with Gasteiger partial charge in [0.15, 0.2) is 0 Å². The van der Waals surface area contributed by atoms with Crippen LogP contribution in [0.4, 0.5) is 10.5 Å². The van der Waals surface area contributed by atoms with Gasteiger partial charge < -0.3 is 51.2 Å². The molecule has 6 amide bonds. The highest BCUT2D eigenvalue weighted by molar-refractivity contribution is 5.98. The van der Waals surface area contributed by atoms with Crippen LogP contribution in [0.1, 0.15) is 39.2 Å². The van der Waals surface area contributed by atoms with Gasteiger partial charge in [-0.05, 0) is 42.5 Å². The predicted octanol–water partition coefficient (Wildman–Crippen LogP) is -0.488. The molecular formula is C30H44N6O10. The Bertz CT molecular complexity index is 1220. The van der Waals surface area contributed by atoms with Gasteiger partial charge in [0.25, 0.3) is 0 Å². The molecule has 7 N–H and O–H groups in total. The largest absolute Gasteiger partial charge is 0.461 e. The van der Waals surface area contributed by atoms with E-state index in [1.54, 1.807) is 38.1 Å². The van der Waals surface area contributed by atoms with Gasteiger partial charge >= 0.3 is 12.0 Å². The lowest BCUT2D eigenvalue weighted by molar-refractivity contribution is -0.142. The number of nitrogens with zero attached hydrogens (tertiary/aromatic N) is 1. The van der Waals surface area contributed by atoms with Gasteiger partial charge in [0.1, 0.15) is 31.5 Å². The average molecular weight is 649 g/mol. The molecule has 1 aliphatic rings. The van der Waals surface area contributed by atoms with Crippen molar-refractivity contribution in [1.29, 1.82) is 0 Å². The fourth-order valence-electron chi connectivity index (χ4n) is 4.19. The fraction of sp³-hybridized carbons (Fsp3) is 0.533. The first kappa shape index (κ1) is 37.6. The molecule has 0 bridgehead atoms. The number of primary amides is 1. The Hall–Kier alpha value is -4.54. The lowest BCUT2D eigenvalue weighted by atomic mass is 10.0. The molecule has 0 radical (unpaired) electrons. The number of esters is 1. The minimum absolute atomic E-state index is 0.0764. The van der Waals surface area contributed by atoms with Crippen LogP contribution in [0.5, 0.6) is 0 Å². The van der Waals surface area contributed by atoms with Crippen molar-refractivity contribution in [1.82, 2.24) is 20.9 Å². The van der Waals surface area contributed by atoms with Crippen LogP contribution >= 0.6 is 0 Å². The van der Waals surface area contributed by atoms with Crippen LogP contribution < -0.4 is 27.0 Å². The zero-order valence-electron chi connectivity index (χ0n) is 26.3. The summed E-state index contributed by atoms with van der Waals surface area (Å²) < 4.78 is 15.7. The monoisotopic (exact) mass is 648 g/mol. The zero-order valence-corrected chi connectivity index (χ0v) is 26.3. The third-order valence-electron chi connectivity index (χ3n) is 6.63. The third kappa shape index (κ3) is 14.0. The Morgan fingerprint density at radius 3 is 2.30 bits per heavy atom. The van der Waals surface area contributed by atoms with Crippen molar-refractivity contribution in [3.8, 4) is 0 Å². The van der Waals surface area contributed by atoms with Gasteiger partial charge in [0, 0.05) is 31.8 Å². The van der Waals surface area contributed by atoms with E-state index in [-0.39, 0.29) is 64.4 Å². The van der Waals surface area contributed by atoms with Gasteiger partial charge in [-0.3, -0.25) is 24.0 Å². The molecule has 0 aromatic heterocycles. The molecule has 0 aliphatic carbocycles. The first-order valence-corrected chi connectivity index (χ1v) is 14.9. The van der Waals surface area contributed by atoms with Crippen molar-refractivity contribution in [2.75, 3.05) is 44.8 Å². The quantitative estimate of drug-likeness (QED) is 0.0785. The van der Waals surface area contributed by atoms with Crippen LogP contribution in [-0.4, -0.2) is 103 Å². The molecule has 1 aromatic rings. The summed E-state index contributed by atoms with van der Waals surface area (Å²) in [6.45, 7) is 5.29. The topological polar surface area (TPSA) is 228 Å². The van der Waals surface area contributed by atoms with Crippen molar-refractivity contribution in [2.45, 2.75) is 58.5 Å². The summed E-state index contributed by atoms with van der Waals surface area (Å²) in [5.41, 5.74) is 6.28. The third-order valence-corrected chi connectivity index (χ3v) is 6.63. The number of rotatable bonds is 20. The minimum atomic E-state index is -1.01. The highest BCUT2D eigenvalue weighted by Crippen LogP contribution is 2.13. The molecule has 16 nitrogen and oxygen atoms in total. The Balaban J connectivity index is 1.87. The molecule has 254 valence electrons. The van der Waals surface area contributed by atoms with Crippen molar-refractivity contribution >= 4 is 41.3 Å². The van der Waals surface area contributed by atoms with Crippen molar-refractivity contribution in [3.05, 3.63) is 42.0 Å². The van der Waals surface area contributed by atoms with Crippen LogP contribution in [0, 0.1) is 5.92 Å². The van der Waals surface area contributed by atoms with Crippen molar-refractivity contribution in [2.24, 2.45) is 11.7 Å². The van der Waals surface area contributed by atoms with Crippen LogP contribution in [0.25, 0.3) is 0 Å². The SMILES string of the molecule is CC(=O)OCc1ccc(NC(=O)[C@H](CCCNC(N)=O)NC(=O)[C@@H](NC(=O)COCCOCCN2C(=O)C=CC2O)C(C)C)cc1. The number of hydrogen-bond acceptors (Lipinski definition) is 10. The van der Waals surface area contributed by atoms with Gasteiger partial charge in [-0.15, -0.1) is 0 Å². The molecule has 1 aromatic carbocycles. The number of aliphatic hydroxyl groups excluding tert-OH is 1. The number of aliphatic hydroxyl groups is 1. The van der Waals surface area contributed by atoms with E-state index in [9.17, 15) is 33.9 Å². The molecule has 0 saturated carbocycles. The highest BCUT2D eigenvalue weighted by Gasteiger charge is 2.29. The Morgan fingerprint density at radius 2 is 1.70 bits per heavy atom. The van der Waals surface area contributed by atoms with Crippen LogP contribution in [-0.2, 0) is 44.8 Å². The Kier molecular flexibility index (Phi) is 16.2. The molecule has 0 saturated heterocycles. The summed E-state index contributed by atoms with van der Waals surface area (Å²) in [6.07, 6.45) is 2.18. The van der Waals surface area contributed by atoms with E-state index < -0.39 is 48.0 Å². The fourth-order valence-corrected chi connectivity index (χ4v) is 4.19. The van der Waals surface area contributed by atoms with Gasteiger partial charge in [0.05, 0.1) is 19.8 Å². The first-order chi connectivity index (χ1) is 21.9. The number of carbonyl (C=O) groups excluding carboxylic acids is 6. The smallest absolute Gasteiger partial charge is 0.312 e. The molecule has 0 spiro atoms. The molecule has 0 fully saturated rings. The van der Waals surface area contributed by atoms with E-state index in [4.69, 9.17) is 19.9 Å². The van der Waals surface area contributed by atoms with E-state index in [2.05, 4.69) is 21.3 Å². The maximum atomic E-state index is 13.3. The second-order valence-corrected chi connectivity index (χ2v) is 10.7. The van der Waals surface area contributed by atoms with E-state index in [0.717, 1.165) is 5.56 Å². The second kappa shape index (κ2) is 19.8. The second-order valence-electron chi connectivity index (χ2n) is 10.7. The van der Waals surface area contributed by atoms with Crippen molar-refractivity contribution in [3.63, 3.8) is 0 Å². The maximum absolute atomic E-state index is 13.3. The molecule has 2 rings (SSSR count). The van der Waals surface area contributed by atoms with Crippen molar-refractivity contribution < 1.29 is 48.1 Å². The summed E-state index contributed by atoms with van der Waals surface area (Å²) >= 11 is 0. The van der Waals surface area contributed by atoms with Gasteiger partial charge in [0.2, 0.25) is 23.6 Å². The average Bonchev–Trinajstić information content (AvgIpc) is 3.32. The van der Waals surface area contributed by atoms with Crippen LogP contribution in [0.15, 0.2) is 36.4 Å². The highest BCUT2D eigenvalue weighted by atomic mass is 16.5. The molecule has 3 atom stereocenters. The number of urea groups is 1. The summed E-state index contributed by atoms with van der Waals surface area (Å²) in [5.74, 6) is -2.71. The molecule has 1 unspecified atom stereocenters. The lowest BCUT2D eigenvalue weighted by Crippen LogP contribution is -2.55. The number of nitrogens with two attached hydrogens (primary N) is 1. The number of nitrogens with one attached hydrogen (secondary N) is 4. The summed E-state index contributed by atoms with van der Waals surface area (Å²) in [6, 6.07) is 3.91. The van der Waals surface area contributed by atoms with E-state index in [0.29, 0.717) is 12.1 Å². The predicted molar refractivity (Wildman–Crippen MR) is 165 cm³/mol. The normalized spacial score (nSPS) is 15.3. The number of amides is 6. The summed E-state index contributed by atoms with van der Waals surface area (Å²) in [5, 5.41) is 20.2. The first-order valence-electron chi connectivity index (χ1n) is 14.9. The molecule has 46 heavy (non-hydrogen) atoms. The molecular weight excluding hydrogens is 604 g/mol. The summed E-state index contributed by atoms with van der Waals surface area (Å²) in [4.78, 5) is 73.9. The van der Waals surface area contributed by atoms with E-state index in [1.807, 2.05) is 0 Å². The van der Waals surface area contributed by atoms with Crippen LogP contribution in [0.2, 0.25) is 0 Å². The molecule has 16 heteroatoms. The van der Waals surface area contributed by atoms with Gasteiger partial charge in [-0.25, -0.2) is 4.79 Å². The lowest BCUT2D eigenvalue weighted by Gasteiger charge is -2.25. The Morgan fingerprint density at radius 1 is 1.00 bits per heavy atom. The van der Waals surface area contributed by atoms with Gasteiger partial charge in [-0.1, -0.05) is 26.0 Å². The standard InChI is InChI=1S/C30H44N6O10/c1-19(2)27(35-24(38)18-45-16-15-44-14-13-36-25(39)10-11-26(36)40)29(42)34-23(5-4-12-32-30(31)43)28(41)33-22-8-6-21(7-9-22)17-46-20(3)37/h6-11,19,23,25,27,39H,4-5,12-18H2,1-3H3,(H,33,41)(H,34,42)(H,35,38)(H3,31,32,43)/t23-,25?,27-/m0/s1. The molecule has 1 aliphatic heterocycles. The molecule has 1 heterocycles. The number of ether oxygens (including phenoxy) is 3. The van der Waals surface area contributed by atoms with Crippen LogP contribution in [0.3, 0.4) is 0 Å². The number of benzene rings is 1. The Labute approximate surface area is 267 Å². The van der Waals surface area contributed by atoms with E-state index >= 15 is 0 Å². The van der Waals surface area contributed by atoms with Gasteiger partial charge in [-0.2, -0.15) is 0 Å². The maximum Gasteiger partial charge on any atom is 0.312 e. The zero-order chi connectivity index (χ0) is 34.1. The summed E-state index contributed by atoms with van der Waals surface area (Å²) in [7, 11) is 0. The number of hydrogen-bond donors (Lipinski definition) is 6. The van der Waals surface area contributed by atoms with E-state index in [1.165, 1.54) is 24.0 Å². The number of anilines is 1.